The molecule has 2 N–H and O–H groups in total. The van der Waals surface area contributed by atoms with E-state index in [1.807, 2.05) is 0 Å². The van der Waals surface area contributed by atoms with Gasteiger partial charge in [0.2, 0.25) is 5.91 Å². The molecule has 0 aromatic carbocycles. The molecule has 0 radical (unpaired) electrons. The number of hydrogen-bond acceptors (Lipinski definition) is 4. The van der Waals surface area contributed by atoms with Crippen LogP contribution in [-0.4, -0.2) is 48.8 Å². The molecule has 0 aliphatic carbocycles. The van der Waals surface area contributed by atoms with Gasteiger partial charge in [0.25, 0.3) is 0 Å². The molecule has 0 rings (SSSR count). The predicted molar refractivity (Wildman–Crippen MR) is 63.6 cm³/mol. The number of ether oxygens (including phenoxy) is 1. The summed E-state index contributed by atoms with van der Waals surface area (Å²) in [5.74, 6) is 0.0287. The SMILES string of the molecule is COCCSCC(=O)NCC(C)(C)C(=O)O. The molecule has 0 heterocycles. The number of amides is 1. The van der Waals surface area contributed by atoms with Crippen molar-refractivity contribution in [2.75, 3.05) is 31.8 Å². The summed E-state index contributed by atoms with van der Waals surface area (Å²) in [7, 11) is 1.61. The zero-order valence-electron chi connectivity index (χ0n) is 9.91. The molecule has 0 unspecified atom stereocenters. The lowest BCUT2D eigenvalue weighted by Crippen LogP contribution is -2.39. The van der Waals surface area contributed by atoms with E-state index in [2.05, 4.69) is 5.32 Å². The van der Waals surface area contributed by atoms with Gasteiger partial charge in [0, 0.05) is 19.4 Å². The second-order valence-corrected chi connectivity index (χ2v) is 5.12. The molecule has 0 aliphatic rings. The van der Waals surface area contributed by atoms with Crippen molar-refractivity contribution in [3.8, 4) is 0 Å². The normalized spacial score (nSPS) is 11.2. The third kappa shape index (κ3) is 6.68. The highest BCUT2D eigenvalue weighted by atomic mass is 32.2. The lowest BCUT2D eigenvalue weighted by Gasteiger charge is -2.19. The van der Waals surface area contributed by atoms with Crippen LogP contribution in [-0.2, 0) is 14.3 Å². The molecule has 94 valence electrons. The van der Waals surface area contributed by atoms with Gasteiger partial charge in [0.05, 0.1) is 17.8 Å². The van der Waals surface area contributed by atoms with Crippen LogP contribution in [0.2, 0.25) is 0 Å². The first-order valence-electron chi connectivity index (χ1n) is 4.97. The summed E-state index contributed by atoms with van der Waals surface area (Å²) in [6.07, 6.45) is 0. The molecule has 1 amide bonds. The molecular formula is C10H19NO4S. The molecule has 0 fully saturated rings. The van der Waals surface area contributed by atoms with E-state index < -0.39 is 11.4 Å². The van der Waals surface area contributed by atoms with Gasteiger partial charge >= 0.3 is 5.97 Å². The molecular weight excluding hydrogens is 230 g/mol. The van der Waals surface area contributed by atoms with Crippen LogP contribution < -0.4 is 5.32 Å². The van der Waals surface area contributed by atoms with E-state index in [1.165, 1.54) is 11.8 Å². The van der Waals surface area contributed by atoms with Gasteiger partial charge in [0.1, 0.15) is 0 Å². The number of hydrogen-bond donors (Lipinski definition) is 2. The zero-order valence-corrected chi connectivity index (χ0v) is 10.7. The Morgan fingerprint density at radius 2 is 2.06 bits per heavy atom. The molecule has 6 heteroatoms. The molecule has 0 aliphatic heterocycles. The van der Waals surface area contributed by atoms with Gasteiger partial charge in [-0.15, -0.1) is 11.8 Å². The highest BCUT2D eigenvalue weighted by Gasteiger charge is 2.27. The minimum atomic E-state index is -0.924. The van der Waals surface area contributed by atoms with Gasteiger partial charge in [-0.05, 0) is 13.8 Å². The highest BCUT2D eigenvalue weighted by Crippen LogP contribution is 2.13. The van der Waals surface area contributed by atoms with E-state index in [-0.39, 0.29) is 12.5 Å². The number of carbonyl (C=O) groups is 2. The van der Waals surface area contributed by atoms with E-state index in [1.54, 1.807) is 21.0 Å². The predicted octanol–water partition coefficient (Wildman–Crippen LogP) is 0.593. The van der Waals surface area contributed by atoms with E-state index in [9.17, 15) is 9.59 Å². The average molecular weight is 249 g/mol. The third-order valence-electron chi connectivity index (χ3n) is 1.97. The molecule has 0 aromatic heterocycles. The van der Waals surface area contributed by atoms with Gasteiger partial charge in [-0.25, -0.2) is 0 Å². The van der Waals surface area contributed by atoms with Crippen molar-refractivity contribution in [1.29, 1.82) is 0 Å². The first-order chi connectivity index (χ1) is 7.40. The Kier molecular flexibility index (Phi) is 7.16. The number of carboxylic acid groups (broad SMARTS) is 1. The summed E-state index contributed by atoms with van der Waals surface area (Å²) in [5.41, 5.74) is -0.924. The summed E-state index contributed by atoms with van der Waals surface area (Å²) < 4.78 is 4.84. The number of rotatable bonds is 8. The fourth-order valence-corrected chi connectivity index (χ4v) is 1.47. The zero-order chi connectivity index (χ0) is 12.6. The first kappa shape index (κ1) is 15.2. The van der Waals surface area contributed by atoms with Crippen LogP contribution in [0.1, 0.15) is 13.8 Å². The standard InChI is InChI=1S/C10H19NO4S/c1-10(2,9(13)14)7-11-8(12)6-16-5-4-15-3/h4-7H2,1-3H3,(H,11,12)(H,13,14). The van der Waals surface area contributed by atoms with Crippen molar-refractivity contribution in [3.63, 3.8) is 0 Å². The second kappa shape index (κ2) is 7.51. The Hall–Kier alpha value is -0.750. The summed E-state index contributed by atoms with van der Waals surface area (Å²) in [6.45, 7) is 3.91. The van der Waals surface area contributed by atoms with Gasteiger partial charge in [-0.1, -0.05) is 0 Å². The Morgan fingerprint density at radius 3 is 2.56 bits per heavy atom. The molecule has 5 nitrogen and oxygen atoms in total. The minimum Gasteiger partial charge on any atom is -0.481 e. The van der Waals surface area contributed by atoms with E-state index in [0.717, 1.165) is 5.75 Å². The maximum Gasteiger partial charge on any atom is 0.310 e. The Morgan fingerprint density at radius 1 is 1.44 bits per heavy atom. The van der Waals surface area contributed by atoms with Crippen molar-refractivity contribution in [2.24, 2.45) is 5.41 Å². The van der Waals surface area contributed by atoms with E-state index in [4.69, 9.17) is 9.84 Å². The number of carboxylic acids is 1. The van der Waals surface area contributed by atoms with Crippen LogP contribution in [0.3, 0.4) is 0 Å². The smallest absolute Gasteiger partial charge is 0.310 e. The maximum atomic E-state index is 11.3. The van der Waals surface area contributed by atoms with E-state index in [0.29, 0.717) is 12.4 Å². The summed E-state index contributed by atoms with van der Waals surface area (Å²) in [5, 5.41) is 11.4. The third-order valence-corrected chi connectivity index (χ3v) is 2.89. The monoisotopic (exact) mass is 249 g/mol. The van der Waals surface area contributed by atoms with Crippen molar-refractivity contribution >= 4 is 23.6 Å². The maximum absolute atomic E-state index is 11.3. The largest absolute Gasteiger partial charge is 0.481 e. The van der Waals surface area contributed by atoms with Gasteiger partial charge < -0.3 is 15.2 Å². The van der Waals surface area contributed by atoms with Crippen molar-refractivity contribution in [2.45, 2.75) is 13.8 Å². The molecule has 0 saturated heterocycles. The average Bonchev–Trinajstić information content (AvgIpc) is 2.21. The number of nitrogens with one attached hydrogen (secondary N) is 1. The van der Waals surface area contributed by atoms with Crippen LogP contribution in [0.5, 0.6) is 0 Å². The number of aliphatic carboxylic acids is 1. The van der Waals surface area contributed by atoms with Crippen molar-refractivity contribution in [1.82, 2.24) is 5.32 Å². The minimum absolute atomic E-state index is 0.143. The molecule has 0 saturated carbocycles. The quantitative estimate of drug-likeness (QED) is 0.616. The van der Waals surface area contributed by atoms with Crippen molar-refractivity contribution < 1.29 is 19.4 Å². The number of methoxy groups -OCH3 is 1. The first-order valence-corrected chi connectivity index (χ1v) is 6.12. The van der Waals surface area contributed by atoms with Crippen LogP contribution in [0.25, 0.3) is 0 Å². The Labute approximate surface area is 99.9 Å². The molecule has 0 spiro atoms. The van der Waals surface area contributed by atoms with Gasteiger partial charge in [-0.3, -0.25) is 9.59 Å². The van der Waals surface area contributed by atoms with E-state index >= 15 is 0 Å². The molecule has 16 heavy (non-hydrogen) atoms. The molecule has 0 aromatic rings. The number of carbonyl (C=O) groups excluding carboxylic acids is 1. The second-order valence-electron chi connectivity index (χ2n) is 4.01. The Bertz CT molecular complexity index is 243. The van der Waals surface area contributed by atoms with Gasteiger partial charge in [-0.2, -0.15) is 0 Å². The lowest BCUT2D eigenvalue weighted by molar-refractivity contribution is -0.146. The number of thioether (sulfide) groups is 1. The summed E-state index contributed by atoms with van der Waals surface area (Å²) >= 11 is 1.46. The molecule has 0 bridgehead atoms. The van der Waals surface area contributed by atoms with Crippen LogP contribution >= 0.6 is 11.8 Å². The van der Waals surface area contributed by atoms with Crippen LogP contribution in [0, 0.1) is 5.41 Å². The van der Waals surface area contributed by atoms with Crippen LogP contribution in [0.4, 0.5) is 0 Å². The summed E-state index contributed by atoms with van der Waals surface area (Å²) in [6, 6.07) is 0. The topological polar surface area (TPSA) is 75.6 Å². The van der Waals surface area contributed by atoms with Gasteiger partial charge in [0.15, 0.2) is 0 Å². The fourth-order valence-electron chi connectivity index (χ4n) is 0.753. The fraction of sp³-hybridized carbons (Fsp3) is 0.800. The Balaban J connectivity index is 3.69. The summed E-state index contributed by atoms with van der Waals surface area (Å²) in [4.78, 5) is 22.1. The highest BCUT2D eigenvalue weighted by molar-refractivity contribution is 7.99. The van der Waals surface area contributed by atoms with Crippen LogP contribution in [0.15, 0.2) is 0 Å². The van der Waals surface area contributed by atoms with Crippen molar-refractivity contribution in [3.05, 3.63) is 0 Å². The lowest BCUT2D eigenvalue weighted by atomic mass is 9.94. The molecule has 0 atom stereocenters.